The highest BCUT2D eigenvalue weighted by Gasteiger charge is 2.32. The Morgan fingerprint density at radius 2 is 2.05 bits per heavy atom. The van der Waals surface area contributed by atoms with Gasteiger partial charge in [-0.05, 0) is 38.1 Å². The van der Waals surface area contributed by atoms with Crippen LogP contribution in [0, 0.1) is 13.8 Å². The molecule has 0 radical (unpaired) electrons. The number of ether oxygens (including phenoxy) is 1. The van der Waals surface area contributed by atoms with Crippen molar-refractivity contribution in [2.75, 3.05) is 7.05 Å². The van der Waals surface area contributed by atoms with Crippen LogP contribution in [0.1, 0.15) is 16.7 Å². The summed E-state index contributed by atoms with van der Waals surface area (Å²) in [6, 6.07) is 1.49. The van der Waals surface area contributed by atoms with E-state index in [9.17, 15) is 13.2 Å². The summed E-state index contributed by atoms with van der Waals surface area (Å²) >= 11 is 0. The molecule has 1 aromatic rings. The van der Waals surface area contributed by atoms with E-state index in [1.165, 1.54) is 13.1 Å². The van der Waals surface area contributed by atoms with E-state index >= 15 is 0 Å². The maximum Gasteiger partial charge on any atom is 0.345 e. The van der Waals surface area contributed by atoms with Gasteiger partial charge in [0.1, 0.15) is 5.75 Å². The highest BCUT2D eigenvalue weighted by Crippen LogP contribution is 2.37. The van der Waals surface area contributed by atoms with Crippen LogP contribution in [-0.4, -0.2) is 32.6 Å². The fourth-order valence-corrected chi connectivity index (χ4v) is 3.23. The quantitative estimate of drug-likeness (QED) is 0.848. The molecule has 0 saturated carbocycles. The van der Waals surface area contributed by atoms with Crippen molar-refractivity contribution in [1.82, 2.24) is 4.72 Å². The third-order valence-corrected chi connectivity index (χ3v) is 4.91. The molecule has 2 N–H and O–H groups in total. The molecule has 1 atom stereocenters. The van der Waals surface area contributed by atoms with Crippen LogP contribution in [0.15, 0.2) is 11.0 Å². The van der Waals surface area contributed by atoms with Crippen LogP contribution in [0.2, 0.25) is 0 Å². The summed E-state index contributed by atoms with van der Waals surface area (Å²) in [7, 11) is -2.22. The number of hydrogen-bond donors (Lipinski definition) is 2. The summed E-state index contributed by atoms with van der Waals surface area (Å²) in [5, 5.41) is 8.97. The highest BCUT2D eigenvalue weighted by atomic mass is 32.2. The molecule has 0 aromatic heterocycles. The second-order valence-electron chi connectivity index (χ2n) is 4.47. The number of rotatable bonds is 3. The first kappa shape index (κ1) is 13.8. The van der Waals surface area contributed by atoms with Crippen molar-refractivity contribution >= 4 is 16.0 Å². The minimum Gasteiger partial charge on any atom is -0.478 e. The maximum absolute atomic E-state index is 11.9. The van der Waals surface area contributed by atoms with Gasteiger partial charge in [-0.2, -0.15) is 0 Å². The van der Waals surface area contributed by atoms with E-state index in [-0.39, 0.29) is 11.3 Å². The minimum absolute atomic E-state index is 0.167. The Balaban J connectivity index is 2.59. The van der Waals surface area contributed by atoms with Gasteiger partial charge in [0.25, 0.3) is 0 Å². The smallest absolute Gasteiger partial charge is 0.345 e. The van der Waals surface area contributed by atoms with Crippen LogP contribution in [0.5, 0.6) is 5.75 Å². The summed E-state index contributed by atoms with van der Waals surface area (Å²) in [4.78, 5) is 11.1. The van der Waals surface area contributed by atoms with Gasteiger partial charge in [0.05, 0.1) is 4.90 Å². The fourth-order valence-electron chi connectivity index (χ4n) is 2.15. The number of carboxylic acids is 1. The number of carboxylic acid groups (broad SMARTS) is 1. The van der Waals surface area contributed by atoms with Gasteiger partial charge in [-0.1, -0.05) is 0 Å². The molecule has 1 aliphatic heterocycles. The lowest BCUT2D eigenvalue weighted by Crippen LogP contribution is -2.24. The van der Waals surface area contributed by atoms with Crippen molar-refractivity contribution in [1.29, 1.82) is 0 Å². The molecule has 0 aliphatic carbocycles. The lowest BCUT2D eigenvalue weighted by atomic mass is 10.0. The van der Waals surface area contributed by atoms with Gasteiger partial charge in [-0.25, -0.2) is 17.9 Å². The summed E-state index contributed by atoms with van der Waals surface area (Å²) in [5.74, 6) is -0.564. The predicted octanol–water partition coefficient (Wildman–Crippen LogP) is 0.600. The number of fused-ring (bicyclic) bond motifs is 1. The zero-order valence-electron chi connectivity index (χ0n) is 10.9. The van der Waals surface area contributed by atoms with E-state index < -0.39 is 22.1 Å². The molecule has 104 valence electrons. The van der Waals surface area contributed by atoms with Crippen molar-refractivity contribution in [3.8, 4) is 5.75 Å². The summed E-state index contributed by atoms with van der Waals surface area (Å²) in [6.07, 6.45) is -0.765. The van der Waals surface area contributed by atoms with Gasteiger partial charge in [0.2, 0.25) is 10.0 Å². The summed E-state index contributed by atoms with van der Waals surface area (Å²) in [6.45, 7) is 3.41. The van der Waals surface area contributed by atoms with Gasteiger partial charge in [0, 0.05) is 12.0 Å². The second kappa shape index (κ2) is 4.50. The van der Waals surface area contributed by atoms with Crippen LogP contribution >= 0.6 is 0 Å². The molecule has 0 bridgehead atoms. The first-order chi connectivity index (χ1) is 8.77. The van der Waals surface area contributed by atoms with Crippen molar-refractivity contribution in [3.63, 3.8) is 0 Å². The van der Waals surface area contributed by atoms with Crippen LogP contribution in [0.25, 0.3) is 0 Å². The van der Waals surface area contributed by atoms with Crippen LogP contribution in [0.3, 0.4) is 0 Å². The first-order valence-electron chi connectivity index (χ1n) is 5.74. The number of sulfonamides is 1. The first-order valence-corrected chi connectivity index (χ1v) is 7.22. The Kier molecular flexibility index (Phi) is 3.27. The SMILES string of the molecule is CNS(=O)(=O)c1cc2c(c(C)c1C)OC(C(=O)O)C2. The van der Waals surface area contributed by atoms with E-state index in [4.69, 9.17) is 9.84 Å². The fraction of sp³-hybridized carbons (Fsp3) is 0.417. The maximum atomic E-state index is 11.9. The topological polar surface area (TPSA) is 92.7 Å². The zero-order valence-corrected chi connectivity index (χ0v) is 11.7. The van der Waals surface area contributed by atoms with Gasteiger partial charge >= 0.3 is 5.97 Å². The Bertz CT molecular complexity index is 651. The Morgan fingerprint density at radius 1 is 1.42 bits per heavy atom. The molecular weight excluding hydrogens is 270 g/mol. The second-order valence-corrected chi connectivity index (χ2v) is 6.32. The van der Waals surface area contributed by atoms with Crippen molar-refractivity contribution < 1.29 is 23.1 Å². The molecule has 1 aliphatic rings. The number of aliphatic carboxylic acids is 1. The summed E-state index contributed by atoms with van der Waals surface area (Å²) in [5.41, 5.74) is 1.85. The Hall–Kier alpha value is -1.60. The van der Waals surface area contributed by atoms with E-state index in [2.05, 4.69) is 4.72 Å². The molecule has 1 heterocycles. The molecule has 7 heteroatoms. The van der Waals surface area contributed by atoms with Crippen molar-refractivity contribution in [2.24, 2.45) is 0 Å². The molecule has 19 heavy (non-hydrogen) atoms. The summed E-state index contributed by atoms with van der Waals surface area (Å²) < 4.78 is 31.5. The highest BCUT2D eigenvalue weighted by molar-refractivity contribution is 7.89. The van der Waals surface area contributed by atoms with Gasteiger partial charge in [-0.15, -0.1) is 0 Å². The number of nitrogens with one attached hydrogen (secondary N) is 1. The van der Waals surface area contributed by atoms with E-state index in [1.807, 2.05) is 0 Å². The van der Waals surface area contributed by atoms with Gasteiger partial charge < -0.3 is 9.84 Å². The number of benzene rings is 1. The molecule has 2 rings (SSSR count). The van der Waals surface area contributed by atoms with E-state index in [1.54, 1.807) is 13.8 Å². The number of hydrogen-bond acceptors (Lipinski definition) is 4. The zero-order chi connectivity index (χ0) is 14.4. The van der Waals surface area contributed by atoms with Crippen molar-refractivity contribution in [3.05, 3.63) is 22.8 Å². The third-order valence-electron chi connectivity index (χ3n) is 3.37. The minimum atomic E-state index is -3.56. The average Bonchev–Trinajstić information content (AvgIpc) is 2.78. The number of carbonyl (C=O) groups is 1. The molecule has 0 spiro atoms. The molecule has 6 nitrogen and oxygen atoms in total. The molecule has 1 aromatic carbocycles. The lowest BCUT2D eigenvalue weighted by Gasteiger charge is -2.13. The predicted molar refractivity (Wildman–Crippen MR) is 67.9 cm³/mol. The molecule has 0 fully saturated rings. The Morgan fingerprint density at radius 3 is 2.58 bits per heavy atom. The monoisotopic (exact) mass is 285 g/mol. The molecule has 0 amide bonds. The third kappa shape index (κ3) is 2.19. The largest absolute Gasteiger partial charge is 0.478 e. The van der Waals surface area contributed by atoms with Crippen molar-refractivity contribution in [2.45, 2.75) is 31.3 Å². The van der Waals surface area contributed by atoms with E-state index in [0.29, 0.717) is 22.4 Å². The molecular formula is C12H15NO5S. The van der Waals surface area contributed by atoms with Gasteiger partial charge in [-0.3, -0.25) is 0 Å². The Labute approximate surface area is 111 Å². The normalized spacial score (nSPS) is 17.9. The lowest BCUT2D eigenvalue weighted by molar-refractivity contribution is -0.144. The molecule has 0 saturated heterocycles. The van der Waals surface area contributed by atoms with Crippen LogP contribution in [-0.2, 0) is 21.2 Å². The van der Waals surface area contributed by atoms with E-state index in [0.717, 1.165) is 0 Å². The average molecular weight is 285 g/mol. The van der Waals surface area contributed by atoms with Gasteiger partial charge in [0.15, 0.2) is 6.10 Å². The van der Waals surface area contributed by atoms with Crippen LogP contribution in [0.4, 0.5) is 0 Å². The standard InChI is InChI=1S/C12H15NO5S/c1-6-7(2)11-8(4-9(18-11)12(14)15)5-10(6)19(16,17)13-3/h5,9,13H,4H2,1-3H3,(H,14,15). The molecule has 1 unspecified atom stereocenters. The van der Waals surface area contributed by atoms with Crippen LogP contribution < -0.4 is 9.46 Å².